The molecule has 2 rings (SSSR count). The lowest BCUT2D eigenvalue weighted by atomic mass is 10.1. The Morgan fingerprint density at radius 2 is 1.92 bits per heavy atom. The molecule has 0 aromatic carbocycles. The summed E-state index contributed by atoms with van der Waals surface area (Å²) in [5.74, 6) is -0.438. The fourth-order valence-corrected chi connectivity index (χ4v) is 2.81. The number of aryl methyl sites for hydroxylation is 2. The number of aromatic nitrogens is 1. The van der Waals surface area contributed by atoms with Gasteiger partial charge in [0, 0.05) is 13.1 Å². The topological polar surface area (TPSA) is 80.8 Å². The van der Waals surface area contributed by atoms with E-state index in [0.717, 1.165) is 0 Å². The predicted molar refractivity (Wildman–Crippen MR) is 90.3 cm³/mol. The summed E-state index contributed by atoms with van der Waals surface area (Å²) < 4.78 is 10.7. The second-order valence-electron chi connectivity index (χ2n) is 6.07. The molecule has 0 aliphatic carbocycles. The van der Waals surface area contributed by atoms with E-state index in [4.69, 9.17) is 9.47 Å². The molecular weight excluding hydrogens is 310 g/mol. The number of rotatable bonds is 3. The van der Waals surface area contributed by atoms with Gasteiger partial charge in [-0.1, -0.05) is 0 Å². The van der Waals surface area contributed by atoms with Crippen LogP contribution in [0.3, 0.4) is 0 Å². The fourth-order valence-electron chi connectivity index (χ4n) is 2.81. The number of hydrogen-bond donors (Lipinski definition) is 1. The summed E-state index contributed by atoms with van der Waals surface area (Å²) in [5, 5.41) is 2.85. The number of urea groups is 1. The Balaban J connectivity index is 2.18. The lowest BCUT2D eigenvalue weighted by Gasteiger charge is -2.35. The Morgan fingerprint density at radius 1 is 1.29 bits per heavy atom. The fraction of sp³-hybridized carbons (Fsp3) is 0.588. The maximum absolute atomic E-state index is 12.5. The van der Waals surface area contributed by atoms with Crippen molar-refractivity contribution in [2.24, 2.45) is 0 Å². The Labute approximate surface area is 142 Å². The van der Waals surface area contributed by atoms with Crippen LogP contribution in [0.4, 0.5) is 10.5 Å². The van der Waals surface area contributed by atoms with Gasteiger partial charge in [-0.2, -0.15) is 0 Å². The van der Waals surface area contributed by atoms with Crippen molar-refractivity contribution in [1.82, 2.24) is 9.88 Å². The maximum Gasteiger partial charge on any atom is 0.340 e. The molecule has 0 saturated carbocycles. The van der Waals surface area contributed by atoms with Crippen molar-refractivity contribution in [1.29, 1.82) is 0 Å². The number of hydrogen-bond acceptors (Lipinski definition) is 5. The molecule has 0 spiro atoms. The third kappa shape index (κ3) is 4.23. The van der Waals surface area contributed by atoms with Gasteiger partial charge in [0.05, 0.1) is 41.5 Å². The average molecular weight is 335 g/mol. The first-order valence-corrected chi connectivity index (χ1v) is 8.18. The first kappa shape index (κ1) is 18.2. The van der Waals surface area contributed by atoms with Gasteiger partial charge in [0.25, 0.3) is 0 Å². The van der Waals surface area contributed by atoms with E-state index >= 15 is 0 Å². The molecule has 7 nitrogen and oxygen atoms in total. The number of morpholine rings is 1. The van der Waals surface area contributed by atoms with Gasteiger partial charge in [0.15, 0.2) is 0 Å². The number of nitrogens with zero attached hydrogens (tertiary/aromatic N) is 2. The highest BCUT2D eigenvalue weighted by Gasteiger charge is 2.26. The Bertz CT molecular complexity index is 623. The molecule has 1 saturated heterocycles. The molecule has 2 amide bonds. The summed E-state index contributed by atoms with van der Waals surface area (Å²) >= 11 is 0. The molecular formula is C17H25N3O4. The number of nitrogens with one attached hydrogen (secondary N) is 1. The van der Waals surface area contributed by atoms with E-state index in [1.165, 1.54) is 0 Å². The van der Waals surface area contributed by atoms with E-state index < -0.39 is 5.97 Å². The Morgan fingerprint density at radius 3 is 2.50 bits per heavy atom. The monoisotopic (exact) mass is 335 g/mol. The number of amides is 2. The van der Waals surface area contributed by atoms with Crippen LogP contribution in [0.5, 0.6) is 0 Å². The smallest absolute Gasteiger partial charge is 0.340 e. The van der Waals surface area contributed by atoms with E-state index in [1.54, 1.807) is 31.7 Å². The van der Waals surface area contributed by atoms with Crippen LogP contribution in [-0.4, -0.2) is 53.8 Å². The summed E-state index contributed by atoms with van der Waals surface area (Å²) in [6.45, 7) is 10.5. The summed E-state index contributed by atoms with van der Waals surface area (Å²) in [5.41, 5.74) is 2.11. The Hall–Kier alpha value is -2.15. The average Bonchev–Trinajstić information content (AvgIpc) is 2.49. The van der Waals surface area contributed by atoms with E-state index in [1.807, 2.05) is 13.8 Å². The van der Waals surface area contributed by atoms with Gasteiger partial charge >= 0.3 is 12.0 Å². The summed E-state index contributed by atoms with van der Waals surface area (Å²) in [4.78, 5) is 30.6. The van der Waals surface area contributed by atoms with Crippen molar-refractivity contribution in [3.05, 3.63) is 23.0 Å². The molecule has 2 unspecified atom stereocenters. The van der Waals surface area contributed by atoms with Crippen molar-refractivity contribution < 1.29 is 19.1 Å². The van der Waals surface area contributed by atoms with E-state index in [9.17, 15) is 9.59 Å². The summed E-state index contributed by atoms with van der Waals surface area (Å²) in [7, 11) is 0. The zero-order valence-electron chi connectivity index (χ0n) is 14.9. The number of carbonyl (C=O) groups excluding carboxylic acids is 2. The lowest BCUT2D eigenvalue weighted by Crippen LogP contribution is -2.49. The van der Waals surface area contributed by atoms with Crippen LogP contribution >= 0.6 is 0 Å². The van der Waals surface area contributed by atoms with Gasteiger partial charge in [0.2, 0.25) is 0 Å². The lowest BCUT2D eigenvalue weighted by molar-refractivity contribution is -0.0530. The minimum Gasteiger partial charge on any atom is -0.462 e. The molecule has 1 aliphatic rings. The second kappa shape index (κ2) is 7.61. The molecule has 132 valence electrons. The molecule has 1 aromatic rings. The van der Waals surface area contributed by atoms with Crippen LogP contribution < -0.4 is 5.32 Å². The molecule has 7 heteroatoms. The predicted octanol–water partition coefficient (Wildman–Crippen LogP) is 2.52. The third-order valence-electron chi connectivity index (χ3n) is 3.85. The minimum absolute atomic E-state index is 0.00756. The van der Waals surface area contributed by atoms with E-state index in [0.29, 0.717) is 35.7 Å². The first-order valence-electron chi connectivity index (χ1n) is 8.18. The number of anilines is 1. The summed E-state index contributed by atoms with van der Waals surface area (Å²) in [6.07, 6.45) is -0.0151. The molecule has 1 N–H and O–H groups in total. The molecule has 2 heterocycles. The van der Waals surface area contributed by atoms with Crippen LogP contribution in [0.25, 0.3) is 0 Å². The molecule has 2 atom stereocenters. The van der Waals surface area contributed by atoms with Crippen molar-refractivity contribution in [3.63, 3.8) is 0 Å². The van der Waals surface area contributed by atoms with Crippen LogP contribution in [0, 0.1) is 13.8 Å². The molecule has 24 heavy (non-hydrogen) atoms. The normalized spacial score (nSPS) is 20.6. The van der Waals surface area contributed by atoms with Gasteiger partial charge in [-0.3, -0.25) is 4.98 Å². The highest BCUT2D eigenvalue weighted by Crippen LogP contribution is 2.20. The summed E-state index contributed by atoms with van der Waals surface area (Å²) in [6, 6.07) is 1.40. The van der Waals surface area contributed by atoms with E-state index in [-0.39, 0.29) is 24.8 Å². The molecule has 1 aromatic heterocycles. The highest BCUT2D eigenvalue weighted by molar-refractivity contribution is 5.95. The first-order chi connectivity index (χ1) is 11.3. The van der Waals surface area contributed by atoms with Gasteiger partial charge in [0.1, 0.15) is 0 Å². The maximum atomic E-state index is 12.5. The van der Waals surface area contributed by atoms with Crippen molar-refractivity contribution >= 4 is 17.7 Å². The van der Waals surface area contributed by atoms with Gasteiger partial charge < -0.3 is 19.7 Å². The Kier molecular flexibility index (Phi) is 5.77. The molecule has 0 bridgehead atoms. The van der Waals surface area contributed by atoms with E-state index in [2.05, 4.69) is 10.3 Å². The van der Waals surface area contributed by atoms with Crippen molar-refractivity contribution in [3.8, 4) is 0 Å². The zero-order valence-corrected chi connectivity index (χ0v) is 14.9. The molecule has 0 radical (unpaired) electrons. The highest BCUT2D eigenvalue weighted by atomic mass is 16.5. The van der Waals surface area contributed by atoms with Crippen LogP contribution in [0.15, 0.2) is 6.07 Å². The van der Waals surface area contributed by atoms with Crippen LogP contribution in [-0.2, 0) is 9.47 Å². The minimum atomic E-state index is -0.438. The van der Waals surface area contributed by atoms with Crippen molar-refractivity contribution in [2.45, 2.75) is 46.8 Å². The molecule has 1 fully saturated rings. The zero-order chi connectivity index (χ0) is 17.9. The SMILES string of the molecule is CCOC(=O)c1cc(NC(=O)N2CC(C)OC(C)C2)c(C)nc1C. The third-order valence-corrected chi connectivity index (χ3v) is 3.85. The number of carbonyl (C=O) groups is 2. The van der Waals surface area contributed by atoms with Crippen molar-refractivity contribution in [2.75, 3.05) is 25.0 Å². The number of ether oxygens (including phenoxy) is 2. The van der Waals surface area contributed by atoms with Crippen LogP contribution in [0.2, 0.25) is 0 Å². The van der Waals surface area contributed by atoms with Gasteiger partial charge in [-0.15, -0.1) is 0 Å². The second-order valence-corrected chi connectivity index (χ2v) is 6.07. The van der Waals surface area contributed by atoms with Gasteiger partial charge in [-0.05, 0) is 40.7 Å². The standard InChI is InChI=1S/C17H25N3O4/c1-6-23-16(21)14-7-15(13(5)18-12(14)4)19-17(22)20-8-10(2)24-11(3)9-20/h7,10-11H,6,8-9H2,1-5H3,(H,19,22). The van der Waals surface area contributed by atoms with Crippen LogP contribution in [0.1, 0.15) is 42.5 Å². The number of esters is 1. The number of pyridine rings is 1. The quantitative estimate of drug-likeness (QED) is 0.859. The molecule has 1 aliphatic heterocycles. The largest absolute Gasteiger partial charge is 0.462 e. The van der Waals surface area contributed by atoms with Gasteiger partial charge in [-0.25, -0.2) is 9.59 Å².